The fraction of sp³-hybridized carbons (Fsp3) is 0.350. The quantitative estimate of drug-likeness (QED) is 0.851. The third-order valence-corrected chi connectivity index (χ3v) is 3.23. The predicted molar refractivity (Wildman–Crippen MR) is 97.9 cm³/mol. The highest BCUT2D eigenvalue weighted by Gasteiger charge is 2.29. The minimum Gasteiger partial charge on any atom is -0.480 e. The van der Waals surface area contributed by atoms with Gasteiger partial charge in [0.25, 0.3) is 0 Å². The summed E-state index contributed by atoms with van der Waals surface area (Å²) in [6, 6.07) is 18.8. The van der Waals surface area contributed by atoms with Crippen molar-refractivity contribution < 1.29 is 9.90 Å². The van der Waals surface area contributed by atoms with Gasteiger partial charge in [0.15, 0.2) is 0 Å². The van der Waals surface area contributed by atoms with Gasteiger partial charge in [-0.15, -0.1) is 0 Å². The van der Waals surface area contributed by atoms with Crippen molar-refractivity contribution in [2.45, 2.75) is 39.7 Å². The van der Waals surface area contributed by atoms with Crippen LogP contribution in [0, 0.1) is 0 Å². The Morgan fingerprint density at radius 3 is 1.43 bits per heavy atom. The maximum absolute atomic E-state index is 11.5. The molecule has 2 aromatic rings. The van der Waals surface area contributed by atoms with Crippen molar-refractivity contribution in [3.63, 3.8) is 0 Å². The van der Waals surface area contributed by atoms with Crippen molar-refractivity contribution in [1.29, 1.82) is 0 Å². The Labute approximate surface area is 140 Å². The van der Waals surface area contributed by atoms with Crippen molar-refractivity contribution in [2.24, 2.45) is 0 Å². The molecule has 0 aliphatic rings. The molecule has 0 heterocycles. The van der Waals surface area contributed by atoms with Crippen LogP contribution in [0.4, 0.5) is 0 Å². The Kier molecular flexibility index (Phi) is 11.3. The van der Waals surface area contributed by atoms with Crippen LogP contribution in [0.25, 0.3) is 0 Å². The molecule has 126 valence electrons. The fourth-order valence-corrected chi connectivity index (χ4v) is 2.33. The highest BCUT2D eigenvalue weighted by Crippen LogP contribution is 2.28. The monoisotopic (exact) mass is 315 g/mol. The Balaban J connectivity index is 0.00000112. The minimum absolute atomic E-state index is 0.204. The van der Waals surface area contributed by atoms with Crippen LogP contribution in [0.1, 0.15) is 44.7 Å². The number of benzene rings is 2. The molecule has 0 fully saturated rings. The van der Waals surface area contributed by atoms with E-state index in [2.05, 4.69) is 5.32 Å². The number of likely N-dealkylation sites (N-methyl/N-ethyl adjacent to an activating group) is 1. The second-order valence-electron chi connectivity index (χ2n) is 4.40. The van der Waals surface area contributed by atoms with Gasteiger partial charge in [0.1, 0.15) is 6.04 Å². The lowest BCUT2D eigenvalue weighted by atomic mass is 9.85. The number of carboxylic acid groups (broad SMARTS) is 1. The van der Waals surface area contributed by atoms with Crippen LogP contribution in [0.3, 0.4) is 0 Å². The maximum atomic E-state index is 11.5. The molecule has 0 saturated carbocycles. The second-order valence-corrected chi connectivity index (χ2v) is 4.40. The van der Waals surface area contributed by atoms with E-state index in [1.807, 2.05) is 88.4 Å². The van der Waals surface area contributed by atoms with Crippen LogP contribution in [0.5, 0.6) is 0 Å². The van der Waals surface area contributed by atoms with Crippen LogP contribution in [-0.4, -0.2) is 24.2 Å². The lowest BCUT2D eigenvalue weighted by Crippen LogP contribution is -2.40. The first-order valence-electron chi connectivity index (χ1n) is 8.24. The molecule has 0 spiro atoms. The van der Waals surface area contributed by atoms with Gasteiger partial charge in [-0.3, -0.25) is 4.79 Å². The summed E-state index contributed by atoms with van der Waals surface area (Å²) < 4.78 is 0. The van der Waals surface area contributed by atoms with Crippen molar-refractivity contribution in [1.82, 2.24) is 5.32 Å². The predicted octanol–water partition coefficient (Wildman–Crippen LogP) is 4.54. The van der Waals surface area contributed by atoms with Gasteiger partial charge >= 0.3 is 5.97 Å². The molecule has 3 nitrogen and oxygen atoms in total. The molecule has 0 bridgehead atoms. The van der Waals surface area contributed by atoms with E-state index in [0.717, 1.165) is 11.1 Å². The third-order valence-electron chi connectivity index (χ3n) is 3.23. The van der Waals surface area contributed by atoms with Gasteiger partial charge in [-0.05, 0) is 18.2 Å². The number of rotatable bonds is 5. The van der Waals surface area contributed by atoms with Crippen molar-refractivity contribution >= 4 is 5.97 Å². The van der Waals surface area contributed by atoms with E-state index in [4.69, 9.17) is 0 Å². The molecular formula is C20H29NO2. The Morgan fingerprint density at radius 2 is 1.17 bits per heavy atom. The highest BCUT2D eigenvalue weighted by atomic mass is 16.4. The number of hydrogen-bond acceptors (Lipinski definition) is 2. The molecule has 0 radical (unpaired) electrons. The van der Waals surface area contributed by atoms with E-state index in [0.29, 0.717) is 0 Å². The van der Waals surface area contributed by atoms with E-state index >= 15 is 0 Å². The number of carboxylic acids is 1. The van der Waals surface area contributed by atoms with Crippen molar-refractivity contribution in [3.05, 3.63) is 71.8 Å². The number of nitrogens with one attached hydrogen (secondary N) is 1. The highest BCUT2D eigenvalue weighted by molar-refractivity contribution is 5.76. The summed E-state index contributed by atoms with van der Waals surface area (Å²) >= 11 is 0. The summed E-state index contributed by atoms with van der Waals surface area (Å²) in [4.78, 5) is 11.5. The van der Waals surface area contributed by atoms with Gasteiger partial charge in [-0.2, -0.15) is 0 Å². The number of aliphatic carboxylic acids is 1. The van der Waals surface area contributed by atoms with Crippen molar-refractivity contribution in [2.75, 3.05) is 7.05 Å². The molecule has 0 amide bonds. The summed E-state index contributed by atoms with van der Waals surface area (Å²) in [5, 5.41) is 12.3. The van der Waals surface area contributed by atoms with E-state index in [9.17, 15) is 9.90 Å². The van der Waals surface area contributed by atoms with Crippen LogP contribution in [0.15, 0.2) is 60.7 Å². The fourth-order valence-electron chi connectivity index (χ4n) is 2.33. The Hall–Kier alpha value is -2.13. The zero-order valence-electron chi connectivity index (χ0n) is 14.8. The first-order valence-corrected chi connectivity index (χ1v) is 8.24. The topological polar surface area (TPSA) is 49.3 Å². The molecule has 2 rings (SSSR count). The standard InChI is InChI=1S/C16H17NO2.2C2H6/c1-17-15(16(18)19)14(12-8-4-2-5-9-12)13-10-6-3-7-11-13;2*1-2/h2-11,14-15,17H,1H3,(H,18,19);2*1-2H3. The molecule has 2 aromatic carbocycles. The van der Waals surface area contributed by atoms with Crippen LogP contribution in [0.2, 0.25) is 0 Å². The third kappa shape index (κ3) is 6.25. The van der Waals surface area contributed by atoms with Gasteiger partial charge < -0.3 is 10.4 Å². The van der Waals surface area contributed by atoms with Crippen molar-refractivity contribution in [3.8, 4) is 0 Å². The largest absolute Gasteiger partial charge is 0.480 e. The number of carbonyl (C=O) groups is 1. The molecule has 2 N–H and O–H groups in total. The van der Waals surface area contributed by atoms with E-state index < -0.39 is 12.0 Å². The molecule has 0 aliphatic carbocycles. The van der Waals surface area contributed by atoms with Crippen LogP contribution < -0.4 is 5.32 Å². The van der Waals surface area contributed by atoms with Gasteiger partial charge in [-0.25, -0.2) is 0 Å². The molecule has 0 saturated heterocycles. The summed E-state index contributed by atoms with van der Waals surface area (Å²) in [7, 11) is 1.68. The second kappa shape index (κ2) is 12.4. The zero-order valence-corrected chi connectivity index (χ0v) is 14.8. The molecule has 1 atom stereocenters. The molecule has 1 unspecified atom stereocenters. The average Bonchev–Trinajstić information content (AvgIpc) is 2.64. The number of hydrogen-bond donors (Lipinski definition) is 2. The summed E-state index contributed by atoms with van der Waals surface area (Å²) in [6.07, 6.45) is 0. The first kappa shape index (κ1) is 20.9. The lowest BCUT2D eigenvalue weighted by Gasteiger charge is -2.24. The average molecular weight is 315 g/mol. The van der Waals surface area contributed by atoms with E-state index in [-0.39, 0.29) is 5.92 Å². The van der Waals surface area contributed by atoms with Gasteiger partial charge in [-0.1, -0.05) is 88.4 Å². The maximum Gasteiger partial charge on any atom is 0.321 e. The Morgan fingerprint density at radius 1 is 0.826 bits per heavy atom. The summed E-state index contributed by atoms with van der Waals surface area (Å²) in [6.45, 7) is 8.00. The van der Waals surface area contributed by atoms with Crippen LogP contribution >= 0.6 is 0 Å². The molecule has 23 heavy (non-hydrogen) atoms. The van der Waals surface area contributed by atoms with Gasteiger partial charge in [0.2, 0.25) is 0 Å². The van der Waals surface area contributed by atoms with Gasteiger partial charge in [0.05, 0.1) is 0 Å². The summed E-state index contributed by atoms with van der Waals surface area (Å²) in [5.41, 5.74) is 1.99. The van der Waals surface area contributed by atoms with Crippen LogP contribution in [-0.2, 0) is 4.79 Å². The SMILES string of the molecule is CC.CC.CNC(C(=O)O)C(c1ccccc1)c1ccccc1. The lowest BCUT2D eigenvalue weighted by molar-refractivity contribution is -0.139. The first-order chi connectivity index (χ1) is 11.2. The van der Waals surface area contributed by atoms with Gasteiger partial charge in [0, 0.05) is 5.92 Å². The zero-order chi connectivity index (χ0) is 17.7. The Bertz CT molecular complexity index is 486. The minimum atomic E-state index is -0.847. The normalized spacial score (nSPS) is 10.7. The van der Waals surface area contributed by atoms with E-state index in [1.165, 1.54) is 0 Å². The molecule has 0 aliphatic heterocycles. The molecular weight excluding hydrogens is 286 g/mol. The summed E-state index contributed by atoms with van der Waals surface area (Å²) in [5.74, 6) is -1.05. The smallest absolute Gasteiger partial charge is 0.321 e. The molecule has 3 heteroatoms. The van der Waals surface area contributed by atoms with E-state index in [1.54, 1.807) is 7.05 Å². The molecule has 0 aromatic heterocycles.